The zero-order chi connectivity index (χ0) is 26.0. The van der Waals surface area contributed by atoms with Crippen molar-refractivity contribution in [3.05, 3.63) is 113 Å². The first kappa shape index (κ1) is 24.7. The van der Waals surface area contributed by atoms with Crippen LogP contribution >= 0.6 is 0 Å². The molecule has 0 bridgehead atoms. The molecule has 9 heteroatoms. The van der Waals surface area contributed by atoms with Crippen LogP contribution in [0.5, 0.6) is 5.75 Å². The summed E-state index contributed by atoms with van der Waals surface area (Å²) in [7, 11) is 1.65. The lowest BCUT2D eigenvalue weighted by Gasteiger charge is -2.37. The molecule has 1 atom stereocenters. The SMILES string of the molecule is COc1ccccc1C1c2cccn2CCN1Cc1ccc(C(=O)NCc2cccc(C(F)(F)F)c2)o1. The van der Waals surface area contributed by atoms with Gasteiger partial charge in [0.1, 0.15) is 11.5 Å². The van der Waals surface area contributed by atoms with Gasteiger partial charge in [-0.15, -0.1) is 0 Å². The second-order valence-corrected chi connectivity index (χ2v) is 8.89. The highest BCUT2D eigenvalue weighted by Crippen LogP contribution is 2.38. The number of benzene rings is 2. The summed E-state index contributed by atoms with van der Waals surface area (Å²) < 4.78 is 52.6. The lowest BCUT2D eigenvalue weighted by Crippen LogP contribution is -2.38. The quantitative estimate of drug-likeness (QED) is 0.350. The Labute approximate surface area is 212 Å². The minimum absolute atomic E-state index is 0.0439. The van der Waals surface area contributed by atoms with Crippen LogP contribution in [0.15, 0.2) is 83.4 Å². The second kappa shape index (κ2) is 10.2. The molecular weight excluding hydrogens is 483 g/mol. The number of halogens is 3. The van der Waals surface area contributed by atoms with E-state index in [9.17, 15) is 18.0 Å². The van der Waals surface area contributed by atoms with Crippen LogP contribution in [0.25, 0.3) is 0 Å². The Morgan fingerprint density at radius 3 is 2.70 bits per heavy atom. The first-order chi connectivity index (χ1) is 17.8. The zero-order valence-electron chi connectivity index (χ0n) is 20.2. The van der Waals surface area contributed by atoms with Crippen LogP contribution in [-0.2, 0) is 25.8 Å². The number of carbonyl (C=O) groups is 1. The Kier molecular flexibility index (Phi) is 6.80. The summed E-state index contributed by atoms with van der Waals surface area (Å²) in [5, 5.41) is 2.64. The van der Waals surface area contributed by atoms with Crippen molar-refractivity contribution in [2.75, 3.05) is 13.7 Å². The number of fused-ring (bicyclic) bond motifs is 1. The van der Waals surface area contributed by atoms with Crippen molar-refractivity contribution >= 4 is 5.91 Å². The van der Waals surface area contributed by atoms with Crippen LogP contribution in [0.1, 0.15) is 44.7 Å². The average Bonchev–Trinajstić information content (AvgIpc) is 3.57. The average molecular weight is 510 g/mol. The first-order valence-electron chi connectivity index (χ1n) is 11.9. The van der Waals surface area contributed by atoms with Gasteiger partial charge in [-0.3, -0.25) is 9.69 Å². The third-order valence-corrected chi connectivity index (χ3v) is 6.52. The van der Waals surface area contributed by atoms with Crippen LogP contribution in [0.3, 0.4) is 0 Å². The molecule has 192 valence electrons. The molecule has 1 unspecified atom stereocenters. The molecule has 0 aliphatic carbocycles. The van der Waals surface area contributed by atoms with Gasteiger partial charge >= 0.3 is 6.18 Å². The van der Waals surface area contributed by atoms with Gasteiger partial charge in [0.2, 0.25) is 0 Å². The van der Waals surface area contributed by atoms with Crippen LogP contribution in [-0.4, -0.2) is 29.0 Å². The van der Waals surface area contributed by atoms with E-state index in [2.05, 4.69) is 27.0 Å². The molecule has 2 aromatic carbocycles. The summed E-state index contributed by atoms with van der Waals surface area (Å²) in [4.78, 5) is 14.9. The Morgan fingerprint density at radius 1 is 1.05 bits per heavy atom. The van der Waals surface area contributed by atoms with Gasteiger partial charge in [-0.25, -0.2) is 0 Å². The van der Waals surface area contributed by atoms with E-state index < -0.39 is 17.6 Å². The van der Waals surface area contributed by atoms with Crippen molar-refractivity contribution in [1.29, 1.82) is 0 Å². The predicted molar refractivity (Wildman–Crippen MR) is 131 cm³/mol. The van der Waals surface area contributed by atoms with E-state index in [1.54, 1.807) is 19.2 Å². The van der Waals surface area contributed by atoms with Crippen molar-refractivity contribution in [3.63, 3.8) is 0 Å². The van der Waals surface area contributed by atoms with E-state index in [0.717, 1.165) is 42.2 Å². The van der Waals surface area contributed by atoms with Crippen molar-refractivity contribution in [3.8, 4) is 5.75 Å². The topological polar surface area (TPSA) is 59.6 Å². The molecule has 2 aromatic heterocycles. The van der Waals surface area contributed by atoms with Gasteiger partial charge < -0.3 is 19.0 Å². The highest BCUT2D eigenvalue weighted by molar-refractivity contribution is 5.91. The van der Waals surface area contributed by atoms with Crippen molar-refractivity contribution in [2.24, 2.45) is 0 Å². The lowest BCUT2D eigenvalue weighted by atomic mass is 9.98. The third kappa shape index (κ3) is 5.27. The van der Waals surface area contributed by atoms with E-state index in [0.29, 0.717) is 17.9 Å². The Hall–Kier alpha value is -3.98. The number of amides is 1. The van der Waals surface area contributed by atoms with Crippen molar-refractivity contribution < 1.29 is 27.1 Å². The Morgan fingerprint density at radius 2 is 1.89 bits per heavy atom. The number of rotatable bonds is 7. The summed E-state index contributed by atoms with van der Waals surface area (Å²) >= 11 is 0. The van der Waals surface area contributed by atoms with Gasteiger partial charge in [-0.2, -0.15) is 13.2 Å². The predicted octanol–water partition coefficient (Wildman–Crippen LogP) is 5.64. The third-order valence-electron chi connectivity index (χ3n) is 6.52. The second-order valence-electron chi connectivity index (χ2n) is 8.89. The molecule has 0 fully saturated rings. The number of furan rings is 1. The standard InChI is InChI=1S/C28H26F3N3O3/c1-36-24-10-3-2-8-22(24)26-23-9-5-13-33(23)14-15-34(26)18-21-11-12-25(37-21)27(35)32-17-19-6-4-7-20(16-19)28(29,30)31/h2-13,16,26H,14-15,17-18H2,1H3,(H,32,35). The molecular formula is C28H26F3N3O3. The molecule has 5 rings (SSSR count). The molecule has 4 aromatic rings. The lowest BCUT2D eigenvalue weighted by molar-refractivity contribution is -0.137. The maximum Gasteiger partial charge on any atom is 0.416 e. The molecule has 1 amide bonds. The summed E-state index contributed by atoms with van der Waals surface area (Å²) in [6, 6.07) is 20.2. The smallest absolute Gasteiger partial charge is 0.416 e. The van der Waals surface area contributed by atoms with Gasteiger partial charge in [0.25, 0.3) is 5.91 Å². The monoisotopic (exact) mass is 509 g/mol. The van der Waals surface area contributed by atoms with Crippen molar-refractivity contribution in [1.82, 2.24) is 14.8 Å². The minimum atomic E-state index is -4.44. The molecule has 3 heterocycles. The summed E-state index contributed by atoms with van der Waals surface area (Å²) in [6.07, 6.45) is -2.37. The number of hydrogen-bond acceptors (Lipinski definition) is 4. The zero-order valence-corrected chi connectivity index (χ0v) is 20.2. The fraction of sp³-hybridized carbons (Fsp3) is 0.250. The van der Waals surface area contributed by atoms with Crippen LogP contribution < -0.4 is 10.1 Å². The summed E-state index contributed by atoms with van der Waals surface area (Å²) in [5.74, 6) is 1.03. The molecule has 1 aliphatic rings. The van der Waals surface area contributed by atoms with Gasteiger partial charge in [0, 0.05) is 37.1 Å². The van der Waals surface area contributed by atoms with Gasteiger partial charge in [0.15, 0.2) is 5.76 Å². The van der Waals surface area contributed by atoms with Crippen LogP contribution in [0, 0.1) is 0 Å². The summed E-state index contributed by atoms with van der Waals surface area (Å²) in [6.45, 7) is 2.01. The van der Waals surface area contributed by atoms with E-state index in [1.165, 1.54) is 12.1 Å². The fourth-order valence-corrected chi connectivity index (χ4v) is 4.76. The number of carbonyl (C=O) groups excluding carboxylic acids is 1. The molecule has 1 N–H and O–H groups in total. The van der Waals surface area contributed by atoms with Crippen molar-refractivity contribution in [2.45, 2.75) is 31.9 Å². The van der Waals surface area contributed by atoms with Crippen LogP contribution in [0.4, 0.5) is 13.2 Å². The van der Waals surface area contributed by atoms with Crippen LogP contribution in [0.2, 0.25) is 0 Å². The van der Waals surface area contributed by atoms with Gasteiger partial charge in [0.05, 0.1) is 25.3 Å². The summed E-state index contributed by atoms with van der Waals surface area (Å²) in [5.41, 5.74) is 1.78. The van der Waals surface area contributed by atoms with E-state index in [4.69, 9.17) is 9.15 Å². The molecule has 0 saturated carbocycles. The number of hydrogen-bond donors (Lipinski definition) is 1. The molecule has 0 radical (unpaired) electrons. The molecule has 6 nitrogen and oxygen atoms in total. The molecule has 37 heavy (non-hydrogen) atoms. The van der Waals surface area contributed by atoms with E-state index in [1.807, 2.05) is 30.3 Å². The Balaban J connectivity index is 1.30. The first-order valence-corrected chi connectivity index (χ1v) is 11.9. The van der Waals surface area contributed by atoms with E-state index in [-0.39, 0.29) is 18.3 Å². The molecule has 1 aliphatic heterocycles. The highest BCUT2D eigenvalue weighted by Gasteiger charge is 2.32. The fourth-order valence-electron chi connectivity index (χ4n) is 4.76. The number of aromatic nitrogens is 1. The minimum Gasteiger partial charge on any atom is -0.496 e. The number of ether oxygens (including phenoxy) is 1. The molecule has 0 saturated heterocycles. The maximum atomic E-state index is 13.0. The largest absolute Gasteiger partial charge is 0.496 e. The number of para-hydroxylation sites is 1. The number of methoxy groups -OCH3 is 1. The van der Waals surface area contributed by atoms with Gasteiger partial charge in [-0.1, -0.05) is 30.3 Å². The maximum absolute atomic E-state index is 13.0. The normalized spacial score (nSPS) is 15.8. The van der Waals surface area contributed by atoms with Gasteiger partial charge in [-0.05, 0) is 48.0 Å². The molecule has 0 spiro atoms. The highest BCUT2D eigenvalue weighted by atomic mass is 19.4. The van der Waals surface area contributed by atoms with E-state index >= 15 is 0 Å². The Bertz CT molecular complexity index is 1390. The number of alkyl halides is 3. The number of nitrogens with one attached hydrogen (secondary N) is 1. The number of nitrogens with zero attached hydrogens (tertiary/aromatic N) is 2.